The third kappa shape index (κ3) is 4.45. The van der Waals surface area contributed by atoms with Crippen LogP contribution in [0.3, 0.4) is 0 Å². The van der Waals surface area contributed by atoms with Crippen LogP contribution in [0.5, 0.6) is 5.88 Å². The molecule has 1 amide bonds. The maximum Gasteiger partial charge on any atom is 0.335 e. The number of aromatic amines is 2. The molecule has 178 valence electrons. The summed E-state index contributed by atoms with van der Waals surface area (Å²) in [5, 5.41) is 23.6. The second kappa shape index (κ2) is 9.22. The first kappa shape index (κ1) is 22.6. The quantitative estimate of drug-likeness (QED) is 0.217. The minimum absolute atomic E-state index is 0.0834. The van der Waals surface area contributed by atoms with Crippen LogP contribution in [-0.2, 0) is 0 Å². The molecule has 0 radical (unpaired) electrons. The van der Waals surface area contributed by atoms with Gasteiger partial charge in [0.2, 0.25) is 0 Å². The minimum Gasteiger partial charge on any atom is -0.494 e. The number of nitrogens with one attached hydrogen (secondary N) is 3. The van der Waals surface area contributed by atoms with E-state index in [4.69, 9.17) is 4.99 Å². The number of aromatic hydroxyl groups is 1. The number of hydrogen-bond acceptors (Lipinski definition) is 5. The summed E-state index contributed by atoms with van der Waals surface area (Å²) in [6, 6.07) is 20.8. The fourth-order valence-corrected chi connectivity index (χ4v) is 3.89. The van der Waals surface area contributed by atoms with Crippen molar-refractivity contribution in [3.8, 4) is 5.88 Å². The standard InChI is InChI=1S/C27H21N5O4/c1-15-14-28-24(29-15)26(34)31-19-11-12-20-21(13-19)32-25(33)22(20)23(16-5-3-2-4-6-16)30-18-9-7-17(8-10-18)27(35)36/h2-14,32-33H,1H3,(H,28,29)(H,31,34)(H,35,36). The summed E-state index contributed by atoms with van der Waals surface area (Å²) >= 11 is 0. The molecule has 5 N–H and O–H groups in total. The molecule has 36 heavy (non-hydrogen) atoms. The fraction of sp³-hybridized carbons (Fsp3) is 0.0370. The molecule has 9 nitrogen and oxygen atoms in total. The van der Waals surface area contributed by atoms with Crippen LogP contribution in [0.1, 0.15) is 37.8 Å². The number of rotatable bonds is 6. The van der Waals surface area contributed by atoms with Crippen molar-refractivity contribution in [3.05, 3.63) is 107 Å². The van der Waals surface area contributed by atoms with Gasteiger partial charge in [0.1, 0.15) is 0 Å². The van der Waals surface area contributed by atoms with E-state index in [0.717, 1.165) is 11.3 Å². The molecule has 2 aromatic heterocycles. The molecule has 0 aliphatic carbocycles. The first-order valence-electron chi connectivity index (χ1n) is 11.0. The largest absolute Gasteiger partial charge is 0.494 e. The number of aryl methyl sites for hydroxylation is 1. The van der Waals surface area contributed by atoms with E-state index >= 15 is 0 Å². The summed E-state index contributed by atoms with van der Waals surface area (Å²) in [7, 11) is 0. The molecule has 0 bridgehead atoms. The molecule has 0 unspecified atom stereocenters. The van der Waals surface area contributed by atoms with Gasteiger partial charge < -0.3 is 25.5 Å². The second-order valence-electron chi connectivity index (χ2n) is 8.16. The number of H-pyrrole nitrogens is 2. The summed E-state index contributed by atoms with van der Waals surface area (Å²) in [6.07, 6.45) is 1.58. The number of carboxylic acids is 1. The Morgan fingerprint density at radius 2 is 1.69 bits per heavy atom. The third-order valence-electron chi connectivity index (χ3n) is 5.59. The Labute approximate surface area is 205 Å². The number of amides is 1. The summed E-state index contributed by atoms with van der Waals surface area (Å²) in [5.74, 6) is -1.28. The predicted molar refractivity (Wildman–Crippen MR) is 136 cm³/mol. The number of benzene rings is 3. The Bertz CT molecular complexity index is 1620. The van der Waals surface area contributed by atoms with E-state index in [1.807, 2.05) is 37.3 Å². The highest BCUT2D eigenvalue weighted by molar-refractivity contribution is 6.22. The Kier molecular flexibility index (Phi) is 5.79. The Balaban J connectivity index is 1.56. The molecule has 0 aliphatic rings. The molecule has 0 spiro atoms. The van der Waals surface area contributed by atoms with Gasteiger partial charge in [0.25, 0.3) is 5.91 Å². The van der Waals surface area contributed by atoms with Gasteiger partial charge in [0.05, 0.1) is 28.0 Å². The number of fused-ring (bicyclic) bond motifs is 1. The average molecular weight is 479 g/mol. The first-order valence-corrected chi connectivity index (χ1v) is 11.0. The van der Waals surface area contributed by atoms with E-state index in [1.165, 1.54) is 12.1 Å². The van der Waals surface area contributed by atoms with Gasteiger partial charge in [-0.2, -0.15) is 0 Å². The van der Waals surface area contributed by atoms with Crippen LogP contribution in [0.4, 0.5) is 11.4 Å². The zero-order valence-electron chi connectivity index (χ0n) is 19.1. The Hall–Kier alpha value is -5.18. The number of imidazole rings is 1. The van der Waals surface area contributed by atoms with Gasteiger partial charge in [-0.25, -0.2) is 14.8 Å². The van der Waals surface area contributed by atoms with Crippen molar-refractivity contribution in [2.45, 2.75) is 6.92 Å². The maximum atomic E-state index is 12.5. The van der Waals surface area contributed by atoms with Crippen molar-refractivity contribution in [1.82, 2.24) is 15.0 Å². The fourth-order valence-electron chi connectivity index (χ4n) is 3.89. The summed E-state index contributed by atoms with van der Waals surface area (Å²) in [5.41, 5.74) is 4.34. The van der Waals surface area contributed by atoms with Crippen molar-refractivity contribution in [1.29, 1.82) is 0 Å². The van der Waals surface area contributed by atoms with Gasteiger partial charge in [-0.05, 0) is 49.4 Å². The van der Waals surface area contributed by atoms with E-state index in [1.54, 1.807) is 36.5 Å². The second-order valence-corrected chi connectivity index (χ2v) is 8.16. The van der Waals surface area contributed by atoms with Crippen molar-refractivity contribution >= 4 is 39.9 Å². The number of carboxylic acid groups (broad SMARTS) is 1. The number of hydrogen-bond donors (Lipinski definition) is 5. The number of aromatic carboxylic acids is 1. The molecule has 3 aromatic carbocycles. The first-order chi connectivity index (χ1) is 17.4. The van der Waals surface area contributed by atoms with Crippen LogP contribution >= 0.6 is 0 Å². The van der Waals surface area contributed by atoms with Gasteiger partial charge >= 0.3 is 5.97 Å². The van der Waals surface area contributed by atoms with Crippen molar-refractivity contribution in [3.63, 3.8) is 0 Å². The molecule has 5 rings (SSSR count). The highest BCUT2D eigenvalue weighted by atomic mass is 16.4. The number of aromatic nitrogens is 3. The minimum atomic E-state index is -1.02. The Morgan fingerprint density at radius 3 is 2.36 bits per heavy atom. The zero-order chi connectivity index (χ0) is 25.2. The van der Waals surface area contributed by atoms with E-state index < -0.39 is 5.97 Å². The van der Waals surface area contributed by atoms with Crippen LogP contribution in [0.2, 0.25) is 0 Å². The normalized spacial score (nSPS) is 11.5. The van der Waals surface area contributed by atoms with E-state index in [0.29, 0.717) is 33.6 Å². The number of nitrogens with zero attached hydrogens (tertiary/aromatic N) is 2. The number of anilines is 1. The van der Waals surface area contributed by atoms with Gasteiger partial charge in [-0.3, -0.25) is 4.79 Å². The lowest BCUT2D eigenvalue weighted by molar-refractivity contribution is 0.0696. The van der Waals surface area contributed by atoms with Crippen molar-refractivity contribution in [2.24, 2.45) is 4.99 Å². The Morgan fingerprint density at radius 1 is 0.944 bits per heavy atom. The van der Waals surface area contributed by atoms with E-state index in [9.17, 15) is 19.8 Å². The van der Waals surface area contributed by atoms with E-state index in [2.05, 4.69) is 20.3 Å². The molecule has 0 saturated carbocycles. The lowest BCUT2D eigenvalue weighted by atomic mass is 10.0. The molecule has 0 aliphatic heterocycles. The molecular formula is C27H21N5O4. The van der Waals surface area contributed by atoms with Gasteiger partial charge in [0.15, 0.2) is 11.7 Å². The lowest BCUT2D eigenvalue weighted by Crippen LogP contribution is -2.13. The molecule has 2 heterocycles. The van der Waals surface area contributed by atoms with Gasteiger partial charge in [-0.15, -0.1) is 0 Å². The number of carbonyl (C=O) groups is 2. The summed E-state index contributed by atoms with van der Waals surface area (Å²) < 4.78 is 0. The molecule has 0 atom stereocenters. The van der Waals surface area contributed by atoms with E-state index in [-0.39, 0.29) is 23.2 Å². The molecule has 0 fully saturated rings. The van der Waals surface area contributed by atoms with Crippen LogP contribution in [0, 0.1) is 6.92 Å². The molecule has 9 heteroatoms. The topological polar surface area (TPSA) is 143 Å². The maximum absolute atomic E-state index is 12.5. The summed E-state index contributed by atoms with van der Waals surface area (Å²) in [4.78, 5) is 38.3. The van der Waals surface area contributed by atoms with Crippen LogP contribution in [-0.4, -0.2) is 42.8 Å². The zero-order valence-corrected chi connectivity index (χ0v) is 19.1. The lowest BCUT2D eigenvalue weighted by Gasteiger charge is -2.08. The molecule has 5 aromatic rings. The predicted octanol–water partition coefficient (Wildman–Crippen LogP) is 5.02. The third-order valence-corrected chi connectivity index (χ3v) is 5.59. The number of aliphatic imine (C=N–C) groups is 1. The SMILES string of the molecule is Cc1cnc(C(=O)Nc2ccc3c(C(=Nc4ccc(C(=O)O)cc4)c4ccccc4)c(O)[nH]c3c2)[nH]1. The van der Waals surface area contributed by atoms with Crippen LogP contribution in [0.25, 0.3) is 10.9 Å². The van der Waals surface area contributed by atoms with Crippen molar-refractivity contribution < 1.29 is 19.8 Å². The highest BCUT2D eigenvalue weighted by Gasteiger charge is 2.19. The van der Waals surface area contributed by atoms with Gasteiger partial charge in [-0.1, -0.05) is 30.3 Å². The van der Waals surface area contributed by atoms with Crippen molar-refractivity contribution in [2.75, 3.05) is 5.32 Å². The monoisotopic (exact) mass is 479 g/mol. The summed E-state index contributed by atoms with van der Waals surface area (Å²) in [6.45, 7) is 1.81. The van der Waals surface area contributed by atoms with Crippen LogP contribution < -0.4 is 5.32 Å². The average Bonchev–Trinajstić information content (AvgIpc) is 3.45. The number of carbonyl (C=O) groups excluding carboxylic acids is 1. The van der Waals surface area contributed by atoms with Crippen LogP contribution in [0.15, 0.2) is 84.0 Å². The van der Waals surface area contributed by atoms with Gasteiger partial charge in [0, 0.05) is 28.5 Å². The molecular weight excluding hydrogens is 458 g/mol. The smallest absolute Gasteiger partial charge is 0.335 e. The molecule has 0 saturated heterocycles. The highest BCUT2D eigenvalue weighted by Crippen LogP contribution is 2.33.